The number of urea groups is 1. The lowest BCUT2D eigenvalue weighted by Crippen LogP contribution is -2.38. The first kappa shape index (κ1) is 23.3. The van der Waals surface area contributed by atoms with Crippen LogP contribution in [0.2, 0.25) is 0 Å². The van der Waals surface area contributed by atoms with Crippen molar-refractivity contribution in [2.24, 2.45) is 0 Å². The fraction of sp³-hybridized carbons (Fsp3) is 0.261. The topological polar surface area (TPSA) is 97.3 Å². The summed E-state index contributed by atoms with van der Waals surface area (Å²) in [4.78, 5) is 23.8. The highest BCUT2D eigenvalue weighted by Crippen LogP contribution is 2.27. The summed E-state index contributed by atoms with van der Waals surface area (Å²) in [5.41, 5.74) is 2.85. The Kier molecular flexibility index (Phi) is 6.82. The van der Waals surface area contributed by atoms with Gasteiger partial charge in [-0.3, -0.25) is 4.79 Å². The van der Waals surface area contributed by atoms with Crippen molar-refractivity contribution >= 4 is 17.8 Å². The standard InChI is InChI=1S/C23H22F3N5O3/c24-23(25,26)9-10-34-14-15-5-4-6-16(11-15)19-12-20(29-21(32)18-13-27-22(33)28-18)30-31(19)17-7-2-1-3-8-17/h1-8,11-12,18H,9-10,13-14H2,(H2,27,28,33)(H,29,30,32)/t18-/m1/s1. The predicted molar refractivity (Wildman–Crippen MR) is 118 cm³/mol. The number of benzene rings is 2. The number of alkyl halides is 3. The van der Waals surface area contributed by atoms with Crippen molar-refractivity contribution in [3.05, 3.63) is 66.2 Å². The molecule has 178 valence electrons. The van der Waals surface area contributed by atoms with Gasteiger partial charge in [0.05, 0.1) is 31.0 Å². The molecule has 1 aliphatic rings. The molecule has 1 aromatic heterocycles. The van der Waals surface area contributed by atoms with E-state index in [9.17, 15) is 22.8 Å². The molecule has 0 aliphatic carbocycles. The van der Waals surface area contributed by atoms with Crippen LogP contribution in [0.25, 0.3) is 16.9 Å². The molecule has 0 unspecified atom stereocenters. The number of ether oxygens (including phenoxy) is 1. The van der Waals surface area contributed by atoms with Crippen molar-refractivity contribution in [1.82, 2.24) is 20.4 Å². The maximum absolute atomic E-state index is 12.5. The molecular weight excluding hydrogens is 451 g/mol. The van der Waals surface area contributed by atoms with E-state index in [4.69, 9.17) is 4.74 Å². The Morgan fingerprint density at radius 2 is 1.94 bits per heavy atom. The van der Waals surface area contributed by atoms with Gasteiger partial charge in [-0.25, -0.2) is 9.48 Å². The highest BCUT2D eigenvalue weighted by Gasteiger charge is 2.28. The fourth-order valence-electron chi connectivity index (χ4n) is 3.44. The van der Waals surface area contributed by atoms with Gasteiger partial charge in [0.1, 0.15) is 6.04 Å². The van der Waals surface area contributed by atoms with E-state index in [-0.39, 0.29) is 19.0 Å². The van der Waals surface area contributed by atoms with Crippen LogP contribution < -0.4 is 16.0 Å². The molecule has 0 bridgehead atoms. The van der Waals surface area contributed by atoms with Gasteiger partial charge >= 0.3 is 12.2 Å². The first-order chi connectivity index (χ1) is 16.3. The van der Waals surface area contributed by atoms with Crippen LogP contribution in [-0.2, 0) is 16.1 Å². The largest absolute Gasteiger partial charge is 0.391 e. The van der Waals surface area contributed by atoms with E-state index in [1.165, 1.54) is 0 Å². The average Bonchev–Trinajstić information content (AvgIpc) is 3.43. The monoisotopic (exact) mass is 473 g/mol. The minimum Gasteiger partial charge on any atom is -0.376 e. The summed E-state index contributed by atoms with van der Waals surface area (Å²) >= 11 is 0. The van der Waals surface area contributed by atoms with Gasteiger partial charge in [0.15, 0.2) is 5.82 Å². The van der Waals surface area contributed by atoms with Crippen molar-refractivity contribution in [3.63, 3.8) is 0 Å². The van der Waals surface area contributed by atoms with Gasteiger partial charge in [0, 0.05) is 18.2 Å². The van der Waals surface area contributed by atoms with E-state index >= 15 is 0 Å². The lowest BCUT2D eigenvalue weighted by molar-refractivity contribution is -0.146. The molecule has 1 fully saturated rings. The number of nitrogens with zero attached hydrogens (tertiary/aromatic N) is 2. The van der Waals surface area contributed by atoms with Crippen molar-refractivity contribution in [2.75, 3.05) is 18.5 Å². The van der Waals surface area contributed by atoms with E-state index in [1.807, 2.05) is 36.4 Å². The van der Waals surface area contributed by atoms with Gasteiger partial charge in [-0.05, 0) is 23.8 Å². The molecule has 0 saturated carbocycles. The van der Waals surface area contributed by atoms with E-state index in [1.54, 1.807) is 28.9 Å². The third-order valence-corrected chi connectivity index (χ3v) is 5.07. The summed E-state index contributed by atoms with van der Waals surface area (Å²) < 4.78 is 43.9. The number of carbonyl (C=O) groups excluding carboxylic acids is 2. The molecule has 2 heterocycles. The summed E-state index contributed by atoms with van der Waals surface area (Å²) in [5, 5.41) is 12.3. The third kappa shape index (κ3) is 5.93. The normalized spacial score (nSPS) is 15.6. The smallest absolute Gasteiger partial charge is 0.376 e. The molecule has 4 rings (SSSR count). The summed E-state index contributed by atoms with van der Waals surface area (Å²) in [6.45, 7) is -0.215. The molecule has 0 radical (unpaired) electrons. The van der Waals surface area contributed by atoms with Crippen LogP contribution in [-0.4, -0.2) is 47.1 Å². The van der Waals surface area contributed by atoms with Crippen molar-refractivity contribution in [3.8, 4) is 16.9 Å². The van der Waals surface area contributed by atoms with Crippen LogP contribution in [0.5, 0.6) is 0 Å². The number of nitrogens with one attached hydrogen (secondary N) is 3. The number of para-hydroxylation sites is 1. The predicted octanol–water partition coefficient (Wildman–Crippen LogP) is 3.63. The molecule has 1 aliphatic heterocycles. The molecule has 0 spiro atoms. The molecule has 3 N–H and O–H groups in total. The summed E-state index contributed by atoms with van der Waals surface area (Å²) in [7, 11) is 0. The Morgan fingerprint density at radius 3 is 2.65 bits per heavy atom. The third-order valence-electron chi connectivity index (χ3n) is 5.07. The Hall–Kier alpha value is -3.86. The molecule has 8 nitrogen and oxygen atoms in total. The average molecular weight is 473 g/mol. The number of carbonyl (C=O) groups is 2. The lowest BCUT2D eigenvalue weighted by Gasteiger charge is -2.10. The van der Waals surface area contributed by atoms with Crippen LogP contribution >= 0.6 is 0 Å². The Balaban J connectivity index is 1.56. The minimum atomic E-state index is -4.26. The number of aromatic nitrogens is 2. The number of hydrogen-bond acceptors (Lipinski definition) is 4. The zero-order chi connectivity index (χ0) is 24.1. The molecular formula is C23H22F3N5O3. The highest BCUT2D eigenvalue weighted by molar-refractivity contribution is 5.98. The SMILES string of the molecule is O=C1NC[C@H](C(=O)Nc2cc(-c3cccc(COCCC(F)(F)F)c3)n(-c3ccccc3)n2)N1. The van der Waals surface area contributed by atoms with Crippen molar-refractivity contribution in [2.45, 2.75) is 25.2 Å². The van der Waals surface area contributed by atoms with Crippen LogP contribution in [0.3, 0.4) is 0 Å². The van der Waals surface area contributed by atoms with Crippen LogP contribution in [0.4, 0.5) is 23.8 Å². The van der Waals surface area contributed by atoms with Gasteiger partial charge < -0.3 is 20.7 Å². The summed E-state index contributed by atoms with van der Waals surface area (Å²) in [6.07, 6.45) is -5.27. The fourth-order valence-corrected chi connectivity index (χ4v) is 3.44. The zero-order valence-electron chi connectivity index (χ0n) is 17.9. The quantitative estimate of drug-likeness (QED) is 0.436. The van der Waals surface area contributed by atoms with E-state index in [0.29, 0.717) is 11.3 Å². The molecule has 1 saturated heterocycles. The van der Waals surface area contributed by atoms with Gasteiger partial charge in [0.25, 0.3) is 0 Å². The van der Waals surface area contributed by atoms with Crippen molar-refractivity contribution in [1.29, 1.82) is 0 Å². The first-order valence-electron chi connectivity index (χ1n) is 10.5. The summed E-state index contributed by atoms with van der Waals surface area (Å²) in [6, 6.07) is 17.0. The van der Waals surface area contributed by atoms with Crippen LogP contribution in [0.1, 0.15) is 12.0 Å². The molecule has 3 amide bonds. The molecule has 34 heavy (non-hydrogen) atoms. The van der Waals surface area contributed by atoms with Crippen LogP contribution in [0, 0.1) is 0 Å². The number of amides is 3. The Morgan fingerprint density at radius 1 is 1.15 bits per heavy atom. The van der Waals surface area contributed by atoms with Gasteiger partial charge in [-0.2, -0.15) is 13.2 Å². The molecule has 11 heteroatoms. The second-order valence-corrected chi connectivity index (χ2v) is 7.68. The van der Waals surface area contributed by atoms with Gasteiger partial charge in [-0.15, -0.1) is 5.10 Å². The van der Waals surface area contributed by atoms with E-state index in [0.717, 1.165) is 11.3 Å². The number of rotatable bonds is 8. The summed E-state index contributed by atoms with van der Waals surface area (Å²) in [5.74, 6) is -0.119. The maximum Gasteiger partial charge on any atom is 0.391 e. The zero-order valence-corrected chi connectivity index (χ0v) is 17.9. The number of anilines is 1. The number of hydrogen-bond donors (Lipinski definition) is 3. The van der Waals surface area contributed by atoms with E-state index in [2.05, 4.69) is 21.0 Å². The van der Waals surface area contributed by atoms with Crippen LogP contribution in [0.15, 0.2) is 60.7 Å². The minimum absolute atomic E-state index is 0.0291. The molecule has 1 atom stereocenters. The first-order valence-corrected chi connectivity index (χ1v) is 10.5. The van der Waals surface area contributed by atoms with Gasteiger partial charge in [-0.1, -0.05) is 36.4 Å². The maximum atomic E-state index is 12.5. The van der Waals surface area contributed by atoms with Crippen molar-refractivity contribution < 1.29 is 27.5 Å². The van der Waals surface area contributed by atoms with E-state index < -0.39 is 37.2 Å². The Bertz CT molecular complexity index is 1160. The molecule has 3 aromatic rings. The van der Waals surface area contributed by atoms with Gasteiger partial charge in [0.2, 0.25) is 5.91 Å². The number of halogens is 3. The highest BCUT2D eigenvalue weighted by atomic mass is 19.4. The second-order valence-electron chi connectivity index (χ2n) is 7.68. The Labute approximate surface area is 193 Å². The second kappa shape index (κ2) is 9.96. The molecule has 2 aromatic carbocycles. The lowest BCUT2D eigenvalue weighted by atomic mass is 10.1.